The number of amides is 2. The van der Waals surface area contributed by atoms with E-state index in [2.05, 4.69) is 10.9 Å². The van der Waals surface area contributed by atoms with Crippen LogP contribution in [-0.4, -0.2) is 37.3 Å². The number of carbonyl (C=O) groups excluding carboxylic acids is 2. The fourth-order valence-electron chi connectivity index (χ4n) is 2.01. The molecule has 0 spiro atoms. The summed E-state index contributed by atoms with van der Waals surface area (Å²) in [6.07, 6.45) is -0.648. The van der Waals surface area contributed by atoms with E-state index in [-0.39, 0.29) is 12.5 Å². The van der Waals surface area contributed by atoms with Crippen LogP contribution in [0.1, 0.15) is 20.8 Å². The van der Waals surface area contributed by atoms with Gasteiger partial charge in [0.05, 0.1) is 5.69 Å². The zero-order valence-electron chi connectivity index (χ0n) is 13.2. The average molecular weight is 307 g/mol. The molecule has 0 saturated heterocycles. The molecular weight excluding hydrogens is 286 g/mol. The van der Waals surface area contributed by atoms with Gasteiger partial charge in [-0.3, -0.25) is 10.2 Å². The van der Waals surface area contributed by atoms with Crippen molar-refractivity contribution in [2.75, 3.05) is 18.6 Å². The quantitative estimate of drug-likeness (QED) is 0.808. The lowest BCUT2D eigenvalue weighted by Crippen LogP contribution is -2.54. The number of carbonyl (C=O) groups is 2. The van der Waals surface area contributed by atoms with Gasteiger partial charge in [-0.05, 0) is 32.9 Å². The summed E-state index contributed by atoms with van der Waals surface area (Å²) in [6.45, 7) is 5.39. The summed E-state index contributed by atoms with van der Waals surface area (Å²) in [6, 6.07) is 6.56. The number of hydrazine groups is 1. The van der Waals surface area contributed by atoms with Crippen molar-refractivity contribution in [1.29, 1.82) is 0 Å². The second kappa shape index (κ2) is 6.23. The Bertz CT molecular complexity index is 568. The Balaban J connectivity index is 2.00. The molecule has 0 unspecified atom stereocenters. The minimum absolute atomic E-state index is 0.107. The van der Waals surface area contributed by atoms with Crippen molar-refractivity contribution < 1.29 is 19.1 Å². The molecule has 22 heavy (non-hydrogen) atoms. The lowest BCUT2D eigenvalue weighted by molar-refractivity contribution is -0.120. The molecule has 1 heterocycles. The van der Waals surface area contributed by atoms with Crippen molar-refractivity contribution in [2.45, 2.75) is 32.4 Å². The standard InChI is InChI=1S/C15H21N3O4/c1-15(2,3)22-14(20)17-16-10-9-21-12-8-6-5-7-11(12)18(4)13(10)19/h5-8,10,16H,9H2,1-4H3,(H,17,20)/t10-/m0/s1. The number of ether oxygens (including phenoxy) is 2. The molecule has 0 saturated carbocycles. The van der Waals surface area contributed by atoms with Crippen molar-refractivity contribution in [1.82, 2.24) is 10.9 Å². The van der Waals surface area contributed by atoms with E-state index in [9.17, 15) is 9.59 Å². The van der Waals surface area contributed by atoms with Crippen LogP contribution in [0.4, 0.5) is 10.5 Å². The summed E-state index contributed by atoms with van der Waals surface area (Å²) in [4.78, 5) is 25.5. The lowest BCUT2D eigenvalue weighted by Gasteiger charge is -2.23. The molecular formula is C15H21N3O4. The third-order valence-corrected chi connectivity index (χ3v) is 3.01. The van der Waals surface area contributed by atoms with Crippen molar-refractivity contribution >= 4 is 17.7 Å². The van der Waals surface area contributed by atoms with E-state index in [0.717, 1.165) is 0 Å². The molecule has 7 nitrogen and oxygen atoms in total. The highest BCUT2D eigenvalue weighted by Crippen LogP contribution is 2.29. The average Bonchev–Trinajstić information content (AvgIpc) is 2.55. The summed E-state index contributed by atoms with van der Waals surface area (Å²) in [7, 11) is 1.66. The lowest BCUT2D eigenvalue weighted by atomic mass is 10.2. The van der Waals surface area contributed by atoms with Crippen molar-refractivity contribution in [3.63, 3.8) is 0 Å². The van der Waals surface area contributed by atoms with E-state index in [1.54, 1.807) is 40.0 Å². The number of rotatable bonds is 2. The van der Waals surface area contributed by atoms with Gasteiger partial charge in [0.25, 0.3) is 0 Å². The van der Waals surface area contributed by atoms with Crippen LogP contribution in [0.2, 0.25) is 0 Å². The molecule has 1 aliphatic rings. The maximum Gasteiger partial charge on any atom is 0.422 e. The smallest absolute Gasteiger partial charge is 0.422 e. The minimum Gasteiger partial charge on any atom is -0.489 e. The molecule has 0 aromatic heterocycles. The van der Waals surface area contributed by atoms with Crippen molar-refractivity contribution in [2.24, 2.45) is 0 Å². The molecule has 7 heteroatoms. The molecule has 0 radical (unpaired) electrons. The topological polar surface area (TPSA) is 79.9 Å². The Labute approximate surface area is 129 Å². The van der Waals surface area contributed by atoms with Crippen LogP contribution in [0, 0.1) is 0 Å². The van der Waals surface area contributed by atoms with E-state index in [1.165, 1.54) is 4.90 Å². The maximum atomic E-state index is 12.4. The normalized spacial score (nSPS) is 18.1. The number of para-hydroxylation sites is 2. The first-order chi connectivity index (χ1) is 10.3. The van der Waals surface area contributed by atoms with Gasteiger partial charge in [-0.15, -0.1) is 0 Å². The van der Waals surface area contributed by atoms with E-state index in [4.69, 9.17) is 9.47 Å². The predicted molar refractivity (Wildman–Crippen MR) is 81.6 cm³/mol. The Morgan fingerprint density at radius 1 is 1.36 bits per heavy atom. The first-order valence-corrected chi connectivity index (χ1v) is 7.02. The Morgan fingerprint density at radius 3 is 2.73 bits per heavy atom. The summed E-state index contributed by atoms with van der Waals surface area (Å²) in [5.41, 5.74) is 5.11. The molecule has 2 rings (SSSR count). The fraction of sp³-hybridized carbons (Fsp3) is 0.467. The van der Waals surface area contributed by atoms with Gasteiger partial charge in [0.2, 0.25) is 5.91 Å². The Kier molecular flexibility index (Phi) is 4.56. The maximum absolute atomic E-state index is 12.4. The van der Waals surface area contributed by atoms with Gasteiger partial charge in [0.1, 0.15) is 24.0 Å². The number of nitrogens with one attached hydrogen (secondary N) is 2. The van der Waals surface area contributed by atoms with E-state index in [1.807, 2.05) is 12.1 Å². The van der Waals surface area contributed by atoms with Gasteiger partial charge >= 0.3 is 6.09 Å². The molecule has 1 atom stereocenters. The van der Waals surface area contributed by atoms with Crippen LogP contribution in [-0.2, 0) is 9.53 Å². The van der Waals surface area contributed by atoms with Gasteiger partial charge in [0, 0.05) is 7.05 Å². The number of anilines is 1. The second-order valence-electron chi connectivity index (χ2n) is 6.00. The summed E-state index contributed by atoms with van der Waals surface area (Å²) in [5, 5.41) is 0. The molecule has 120 valence electrons. The number of nitrogens with zero attached hydrogens (tertiary/aromatic N) is 1. The van der Waals surface area contributed by atoms with Crippen LogP contribution >= 0.6 is 0 Å². The minimum atomic E-state index is -0.704. The zero-order valence-corrected chi connectivity index (χ0v) is 13.2. The van der Waals surface area contributed by atoms with Crippen LogP contribution < -0.4 is 20.5 Å². The molecule has 1 aromatic rings. The number of hydrogen-bond acceptors (Lipinski definition) is 5. The summed E-state index contributed by atoms with van der Waals surface area (Å²) >= 11 is 0. The molecule has 1 aromatic carbocycles. The zero-order chi connectivity index (χ0) is 16.3. The molecule has 0 bridgehead atoms. The molecule has 0 aliphatic carbocycles. The van der Waals surface area contributed by atoms with Gasteiger partial charge in [-0.25, -0.2) is 10.2 Å². The van der Waals surface area contributed by atoms with Crippen LogP contribution in [0.5, 0.6) is 5.75 Å². The molecule has 2 N–H and O–H groups in total. The predicted octanol–water partition coefficient (Wildman–Crippen LogP) is 1.44. The van der Waals surface area contributed by atoms with E-state index < -0.39 is 17.7 Å². The number of hydrogen-bond donors (Lipinski definition) is 2. The highest BCUT2D eigenvalue weighted by molar-refractivity contribution is 5.98. The third-order valence-electron chi connectivity index (χ3n) is 3.01. The third kappa shape index (κ3) is 3.88. The number of likely N-dealkylation sites (N-methyl/N-ethyl adjacent to an activating group) is 1. The summed E-state index contributed by atoms with van der Waals surface area (Å²) in [5.74, 6) is 0.418. The number of fused-ring (bicyclic) bond motifs is 1. The van der Waals surface area contributed by atoms with E-state index in [0.29, 0.717) is 11.4 Å². The van der Waals surface area contributed by atoms with Gasteiger partial charge in [-0.2, -0.15) is 0 Å². The largest absolute Gasteiger partial charge is 0.489 e. The highest BCUT2D eigenvalue weighted by atomic mass is 16.6. The first kappa shape index (κ1) is 16.1. The first-order valence-electron chi connectivity index (χ1n) is 7.02. The molecule has 0 fully saturated rings. The Morgan fingerprint density at radius 2 is 2.05 bits per heavy atom. The van der Waals surface area contributed by atoms with Crippen LogP contribution in [0.15, 0.2) is 24.3 Å². The van der Waals surface area contributed by atoms with Crippen LogP contribution in [0.3, 0.4) is 0 Å². The SMILES string of the molecule is CN1C(=O)[C@@H](NNC(=O)OC(C)(C)C)COc2ccccc21. The molecule has 1 aliphatic heterocycles. The van der Waals surface area contributed by atoms with Gasteiger partial charge in [0.15, 0.2) is 0 Å². The van der Waals surface area contributed by atoms with Gasteiger partial charge < -0.3 is 14.4 Å². The molecule has 2 amide bonds. The van der Waals surface area contributed by atoms with Gasteiger partial charge in [-0.1, -0.05) is 12.1 Å². The Hall–Kier alpha value is -2.28. The summed E-state index contributed by atoms with van der Waals surface area (Å²) < 4.78 is 10.7. The van der Waals surface area contributed by atoms with E-state index >= 15 is 0 Å². The van der Waals surface area contributed by atoms with Crippen molar-refractivity contribution in [3.8, 4) is 5.75 Å². The second-order valence-corrected chi connectivity index (χ2v) is 6.00. The van der Waals surface area contributed by atoms with Crippen molar-refractivity contribution in [3.05, 3.63) is 24.3 Å². The monoisotopic (exact) mass is 307 g/mol. The van der Waals surface area contributed by atoms with Crippen LogP contribution in [0.25, 0.3) is 0 Å². The highest BCUT2D eigenvalue weighted by Gasteiger charge is 2.29. The number of benzene rings is 1. The fourth-order valence-corrected chi connectivity index (χ4v) is 2.01.